The Bertz CT molecular complexity index is 457. The Morgan fingerprint density at radius 1 is 1.45 bits per heavy atom. The molecule has 1 aliphatic heterocycles. The molecule has 4 heteroatoms. The fourth-order valence-electron chi connectivity index (χ4n) is 3.54. The van der Waals surface area contributed by atoms with Gasteiger partial charge in [0.1, 0.15) is 0 Å². The van der Waals surface area contributed by atoms with Gasteiger partial charge in [-0.2, -0.15) is 0 Å². The maximum Gasteiger partial charge on any atom is 0.0659 e. The van der Waals surface area contributed by atoms with Crippen molar-refractivity contribution in [1.29, 1.82) is 0 Å². The summed E-state index contributed by atoms with van der Waals surface area (Å²) in [6.45, 7) is 8.40. The molecule has 0 bridgehead atoms. The van der Waals surface area contributed by atoms with Gasteiger partial charge in [0, 0.05) is 23.5 Å². The standard InChI is InChI=1S/C16H25IN2S/c1-11(2)19-7-6-12(10-19)9-18-14-4-3-5-15-13(14)8-16(17)20-15/h8,11-12,14,18H,3-7,9-10H2,1-2H3. The van der Waals surface area contributed by atoms with Crippen molar-refractivity contribution in [2.45, 2.75) is 51.6 Å². The second kappa shape index (κ2) is 6.63. The topological polar surface area (TPSA) is 15.3 Å². The summed E-state index contributed by atoms with van der Waals surface area (Å²) in [5.74, 6) is 0.848. The molecule has 2 atom stereocenters. The van der Waals surface area contributed by atoms with Gasteiger partial charge in [-0.3, -0.25) is 0 Å². The van der Waals surface area contributed by atoms with Crippen LogP contribution in [0.2, 0.25) is 0 Å². The molecule has 1 saturated heterocycles. The van der Waals surface area contributed by atoms with E-state index in [1.165, 1.54) is 48.2 Å². The SMILES string of the molecule is CC(C)N1CCC(CNC2CCCc3sc(I)cc32)C1. The molecule has 0 spiro atoms. The molecule has 2 unspecified atom stereocenters. The third-order valence-corrected chi connectivity index (χ3v) is 6.76. The minimum absolute atomic E-state index is 0.617. The number of nitrogens with one attached hydrogen (secondary N) is 1. The fraction of sp³-hybridized carbons (Fsp3) is 0.750. The molecule has 20 heavy (non-hydrogen) atoms. The molecule has 2 aliphatic rings. The zero-order chi connectivity index (χ0) is 14.1. The Morgan fingerprint density at radius 2 is 2.30 bits per heavy atom. The molecule has 0 aromatic carbocycles. The van der Waals surface area contributed by atoms with Crippen molar-refractivity contribution in [2.24, 2.45) is 5.92 Å². The van der Waals surface area contributed by atoms with Gasteiger partial charge in [-0.1, -0.05) is 0 Å². The van der Waals surface area contributed by atoms with Crippen LogP contribution in [0.3, 0.4) is 0 Å². The summed E-state index contributed by atoms with van der Waals surface area (Å²) in [6.07, 6.45) is 5.34. The Kier molecular flexibility index (Phi) is 5.06. The molecule has 0 radical (unpaired) electrons. The van der Waals surface area contributed by atoms with E-state index in [4.69, 9.17) is 0 Å². The fourth-order valence-corrected chi connectivity index (χ4v) is 5.66. The van der Waals surface area contributed by atoms with Crippen molar-refractivity contribution in [3.63, 3.8) is 0 Å². The lowest BCUT2D eigenvalue weighted by molar-refractivity contribution is 0.262. The van der Waals surface area contributed by atoms with Gasteiger partial charge in [0.2, 0.25) is 0 Å². The molecule has 2 nitrogen and oxygen atoms in total. The number of hydrogen-bond donors (Lipinski definition) is 1. The molecule has 2 heterocycles. The normalized spacial score (nSPS) is 27.2. The number of rotatable bonds is 4. The Hall–Kier alpha value is 0.350. The van der Waals surface area contributed by atoms with Gasteiger partial charge in [-0.25, -0.2) is 0 Å². The van der Waals surface area contributed by atoms with Crippen molar-refractivity contribution in [3.05, 3.63) is 19.4 Å². The zero-order valence-electron chi connectivity index (χ0n) is 12.5. The lowest BCUT2D eigenvalue weighted by atomic mass is 9.93. The van der Waals surface area contributed by atoms with Crippen molar-refractivity contribution in [2.75, 3.05) is 19.6 Å². The highest BCUT2D eigenvalue weighted by molar-refractivity contribution is 14.1. The van der Waals surface area contributed by atoms with E-state index in [0.29, 0.717) is 12.1 Å². The maximum atomic E-state index is 3.87. The van der Waals surface area contributed by atoms with Crippen molar-refractivity contribution >= 4 is 33.9 Å². The summed E-state index contributed by atoms with van der Waals surface area (Å²) < 4.78 is 1.45. The van der Waals surface area contributed by atoms with E-state index < -0.39 is 0 Å². The average molecular weight is 404 g/mol. The molecular weight excluding hydrogens is 379 g/mol. The van der Waals surface area contributed by atoms with Crippen LogP contribution in [0.25, 0.3) is 0 Å². The first kappa shape index (κ1) is 15.3. The molecule has 0 amide bonds. The van der Waals surface area contributed by atoms with Gasteiger partial charge in [-0.15, -0.1) is 11.3 Å². The molecule has 112 valence electrons. The lowest BCUT2D eigenvalue weighted by Crippen LogP contribution is -2.32. The summed E-state index contributed by atoms with van der Waals surface area (Å²) in [5, 5.41) is 3.87. The average Bonchev–Trinajstić information content (AvgIpc) is 3.01. The second-order valence-corrected chi connectivity index (χ2v) is 9.56. The molecule has 3 rings (SSSR count). The smallest absolute Gasteiger partial charge is 0.0659 e. The molecule has 1 aliphatic carbocycles. The van der Waals surface area contributed by atoms with Crippen LogP contribution in [-0.2, 0) is 6.42 Å². The van der Waals surface area contributed by atoms with E-state index in [1.807, 2.05) is 11.3 Å². The monoisotopic (exact) mass is 404 g/mol. The van der Waals surface area contributed by atoms with E-state index in [0.717, 1.165) is 5.92 Å². The van der Waals surface area contributed by atoms with Crippen molar-refractivity contribution in [3.8, 4) is 0 Å². The van der Waals surface area contributed by atoms with Crippen molar-refractivity contribution in [1.82, 2.24) is 10.2 Å². The Labute approximate surface area is 140 Å². The van der Waals surface area contributed by atoms with Crippen LogP contribution < -0.4 is 5.32 Å². The van der Waals surface area contributed by atoms with Crippen LogP contribution in [0, 0.1) is 8.80 Å². The molecule has 1 N–H and O–H groups in total. The minimum Gasteiger partial charge on any atom is -0.310 e. The number of nitrogens with zero attached hydrogens (tertiary/aromatic N) is 1. The van der Waals surface area contributed by atoms with E-state index in [1.54, 1.807) is 10.4 Å². The van der Waals surface area contributed by atoms with Gasteiger partial charge in [-0.05, 0) is 92.8 Å². The first-order valence-corrected chi connectivity index (χ1v) is 9.78. The maximum absolute atomic E-state index is 3.87. The van der Waals surface area contributed by atoms with Gasteiger partial charge in [0.05, 0.1) is 2.88 Å². The first-order chi connectivity index (χ1) is 9.63. The number of aryl methyl sites for hydroxylation is 1. The van der Waals surface area contributed by atoms with Gasteiger partial charge in [0.25, 0.3) is 0 Å². The highest BCUT2D eigenvalue weighted by Crippen LogP contribution is 2.36. The van der Waals surface area contributed by atoms with Crippen LogP contribution in [0.15, 0.2) is 6.07 Å². The van der Waals surface area contributed by atoms with Crippen LogP contribution in [0.5, 0.6) is 0 Å². The number of fused-ring (bicyclic) bond motifs is 1. The highest BCUT2D eigenvalue weighted by atomic mass is 127. The number of hydrogen-bond acceptors (Lipinski definition) is 3. The van der Waals surface area contributed by atoms with Gasteiger partial charge >= 0.3 is 0 Å². The van der Waals surface area contributed by atoms with Crippen LogP contribution in [-0.4, -0.2) is 30.6 Å². The van der Waals surface area contributed by atoms with Gasteiger partial charge < -0.3 is 10.2 Å². The Morgan fingerprint density at radius 3 is 3.05 bits per heavy atom. The third-order valence-electron chi connectivity index (χ3n) is 4.78. The summed E-state index contributed by atoms with van der Waals surface area (Å²) >= 11 is 4.47. The van der Waals surface area contributed by atoms with Gasteiger partial charge in [0.15, 0.2) is 0 Å². The largest absolute Gasteiger partial charge is 0.310 e. The highest BCUT2D eigenvalue weighted by Gasteiger charge is 2.27. The summed E-state index contributed by atoms with van der Waals surface area (Å²) in [6, 6.07) is 3.73. The van der Waals surface area contributed by atoms with E-state index >= 15 is 0 Å². The Balaban J connectivity index is 1.55. The molecular formula is C16H25IN2S. The molecule has 1 aromatic rings. The number of thiophene rings is 1. The summed E-state index contributed by atoms with van der Waals surface area (Å²) in [4.78, 5) is 4.25. The minimum atomic E-state index is 0.617. The first-order valence-electron chi connectivity index (χ1n) is 7.89. The van der Waals surface area contributed by atoms with E-state index in [9.17, 15) is 0 Å². The molecule has 1 aromatic heterocycles. The predicted molar refractivity (Wildman–Crippen MR) is 95.5 cm³/mol. The van der Waals surface area contributed by atoms with Crippen LogP contribution >= 0.6 is 33.9 Å². The molecule has 0 saturated carbocycles. The number of likely N-dealkylation sites (tertiary alicyclic amines) is 1. The second-order valence-electron chi connectivity index (χ2n) is 6.53. The quantitative estimate of drug-likeness (QED) is 0.762. The van der Waals surface area contributed by atoms with Crippen LogP contribution in [0.1, 0.15) is 49.6 Å². The van der Waals surface area contributed by atoms with Crippen LogP contribution in [0.4, 0.5) is 0 Å². The third kappa shape index (κ3) is 3.39. The molecule has 1 fully saturated rings. The van der Waals surface area contributed by atoms with E-state index in [2.05, 4.69) is 52.7 Å². The summed E-state index contributed by atoms with van der Waals surface area (Å²) in [5.41, 5.74) is 1.60. The number of halogens is 1. The lowest BCUT2D eigenvalue weighted by Gasteiger charge is -2.25. The van der Waals surface area contributed by atoms with E-state index in [-0.39, 0.29) is 0 Å². The zero-order valence-corrected chi connectivity index (χ0v) is 15.5. The predicted octanol–water partition coefficient (Wildman–Crippen LogP) is 4.05. The van der Waals surface area contributed by atoms with Crippen molar-refractivity contribution < 1.29 is 0 Å². The summed E-state index contributed by atoms with van der Waals surface area (Å²) in [7, 11) is 0.